The van der Waals surface area contributed by atoms with Crippen molar-refractivity contribution in [1.29, 1.82) is 0 Å². The van der Waals surface area contributed by atoms with Crippen molar-refractivity contribution in [3.05, 3.63) is 29.6 Å². The first-order valence-electron chi connectivity index (χ1n) is 7.43. The molecule has 0 saturated heterocycles. The minimum absolute atomic E-state index is 0.0732. The summed E-state index contributed by atoms with van der Waals surface area (Å²) in [5.41, 5.74) is 9.42. The standard InChI is InChI=1S/C16H27N3/c1-5-16(6-2,19(3)4)15(17)13-10-9-12-8-7-11-18-14(12)13/h7-8,11,13,15H,5-6,9-10,17H2,1-4H3. The predicted octanol–water partition coefficient (Wildman–Crippen LogP) is 2.56. The molecule has 0 amide bonds. The number of likely N-dealkylation sites (N-methyl/N-ethyl adjacent to an activating group) is 1. The molecule has 19 heavy (non-hydrogen) atoms. The van der Waals surface area contributed by atoms with Gasteiger partial charge in [0.15, 0.2) is 0 Å². The van der Waals surface area contributed by atoms with Crippen molar-refractivity contribution in [2.75, 3.05) is 14.1 Å². The van der Waals surface area contributed by atoms with Crippen LogP contribution in [0.4, 0.5) is 0 Å². The highest BCUT2D eigenvalue weighted by molar-refractivity contribution is 5.31. The summed E-state index contributed by atoms with van der Waals surface area (Å²) in [6.45, 7) is 4.50. The molecule has 106 valence electrons. The van der Waals surface area contributed by atoms with E-state index in [-0.39, 0.29) is 11.6 Å². The molecule has 0 fully saturated rings. The maximum Gasteiger partial charge on any atom is 0.0482 e. The molecule has 3 nitrogen and oxygen atoms in total. The van der Waals surface area contributed by atoms with Gasteiger partial charge in [-0.2, -0.15) is 0 Å². The third kappa shape index (κ3) is 2.30. The van der Waals surface area contributed by atoms with Gasteiger partial charge >= 0.3 is 0 Å². The Morgan fingerprint density at radius 1 is 1.42 bits per heavy atom. The van der Waals surface area contributed by atoms with Crippen LogP contribution in [0, 0.1) is 0 Å². The van der Waals surface area contributed by atoms with Crippen LogP contribution in [0.2, 0.25) is 0 Å². The van der Waals surface area contributed by atoms with E-state index in [0.717, 1.165) is 25.7 Å². The van der Waals surface area contributed by atoms with Crippen LogP contribution < -0.4 is 5.73 Å². The van der Waals surface area contributed by atoms with Crippen LogP contribution in [-0.2, 0) is 6.42 Å². The van der Waals surface area contributed by atoms with Crippen molar-refractivity contribution in [2.45, 2.75) is 57.0 Å². The number of nitrogens with zero attached hydrogens (tertiary/aromatic N) is 2. The molecule has 2 rings (SSSR count). The lowest BCUT2D eigenvalue weighted by atomic mass is 9.76. The van der Waals surface area contributed by atoms with Gasteiger partial charge in [0.05, 0.1) is 0 Å². The molecule has 0 saturated carbocycles. The SMILES string of the molecule is CCC(CC)(C(N)C1CCc2cccnc21)N(C)C. The number of hydrogen-bond acceptors (Lipinski definition) is 3. The van der Waals surface area contributed by atoms with Crippen molar-refractivity contribution < 1.29 is 0 Å². The van der Waals surface area contributed by atoms with Crippen LogP contribution in [0.25, 0.3) is 0 Å². The zero-order chi connectivity index (χ0) is 14.0. The summed E-state index contributed by atoms with van der Waals surface area (Å²) in [6.07, 6.45) is 6.33. The average Bonchev–Trinajstić information content (AvgIpc) is 2.84. The molecule has 1 aliphatic carbocycles. The Kier molecular flexibility index (Phi) is 4.26. The molecule has 1 aliphatic rings. The highest BCUT2D eigenvalue weighted by atomic mass is 15.2. The van der Waals surface area contributed by atoms with Crippen LogP contribution in [0.5, 0.6) is 0 Å². The highest BCUT2D eigenvalue weighted by Gasteiger charge is 2.42. The molecule has 0 bridgehead atoms. The van der Waals surface area contributed by atoms with E-state index in [4.69, 9.17) is 5.73 Å². The van der Waals surface area contributed by atoms with E-state index in [1.54, 1.807) is 0 Å². The van der Waals surface area contributed by atoms with E-state index < -0.39 is 0 Å². The van der Waals surface area contributed by atoms with Gasteiger partial charge in [-0.05, 0) is 51.4 Å². The summed E-state index contributed by atoms with van der Waals surface area (Å²) in [5.74, 6) is 0.401. The molecule has 1 aromatic rings. The van der Waals surface area contributed by atoms with E-state index in [9.17, 15) is 0 Å². The number of aryl methyl sites for hydroxylation is 1. The van der Waals surface area contributed by atoms with Gasteiger partial charge < -0.3 is 10.6 Å². The Hall–Kier alpha value is -0.930. The highest BCUT2D eigenvalue weighted by Crippen LogP contribution is 2.39. The molecule has 1 heterocycles. The number of fused-ring (bicyclic) bond motifs is 1. The summed E-state index contributed by atoms with van der Waals surface area (Å²) < 4.78 is 0. The van der Waals surface area contributed by atoms with Crippen LogP contribution in [0.15, 0.2) is 18.3 Å². The first-order valence-corrected chi connectivity index (χ1v) is 7.43. The minimum atomic E-state index is 0.0732. The summed E-state index contributed by atoms with van der Waals surface area (Å²) >= 11 is 0. The normalized spacial score (nSPS) is 20.6. The molecule has 1 aromatic heterocycles. The lowest BCUT2D eigenvalue weighted by molar-refractivity contribution is 0.0928. The van der Waals surface area contributed by atoms with Gasteiger partial charge in [-0.15, -0.1) is 0 Å². The van der Waals surface area contributed by atoms with E-state index in [2.05, 4.69) is 43.9 Å². The number of hydrogen-bond donors (Lipinski definition) is 1. The third-order valence-electron chi connectivity index (χ3n) is 5.17. The lowest BCUT2D eigenvalue weighted by Crippen LogP contribution is -2.58. The van der Waals surface area contributed by atoms with Crippen molar-refractivity contribution in [2.24, 2.45) is 5.73 Å². The maximum absolute atomic E-state index is 6.71. The summed E-state index contributed by atoms with van der Waals surface area (Å²) in [4.78, 5) is 6.92. The Labute approximate surface area is 117 Å². The van der Waals surface area contributed by atoms with Gasteiger partial charge in [0.2, 0.25) is 0 Å². The monoisotopic (exact) mass is 261 g/mol. The van der Waals surface area contributed by atoms with Gasteiger partial charge in [0, 0.05) is 29.4 Å². The fourth-order valence-electron chi connectivity index (χ4n) is 3.82. The first kappa shape index (κ1) is 14.5. The average molecular weight is 261 g/mol. The van der Waals surface area contributed by atoms with Gasteiger partial charge in [-0.1, -0.05) is 19.9 Å². The van der Waals surface area contributed by atoms with Crippen molar-refractivity contribution >= 4 is 0 Å². The maximum atomic E-state index is 6.71. The molecule has 2 atom stereocenters. The molecule has 0 aromatic carbocycles. The molecule has 2 unspecified atom stereocenters. The smallest absolute Gasteiger partial charge is 0.0482 e. The number of nitrogens with two attached hydrogens (primary N) is 1. The summed E-state index contributed by atoms with van der Waals surface area (Å²) in [7, 11) is 4.31. The van der Waals surface area contributed by atoms with Crippen LogP contribution in [0.1, 0.15) is 50.3 Å². The third-order valence-corrected chi connectivity index (χ3v) is 5.17. The molecular formula is C16H27N3. The Morgan fingerprint density at radius 3 is 2.68 bits per heavy atom. The summed E-state index contributed by atoms with van der Waals surface area (Å²) in [5, 5.41) is 0. The van der Waals surface area contributed by atoms with Gasteiger partial charge in [-0.25, -0.2) is 0 Å². The minimum Gasteiger partial charge on any atom is -0.326 e. The van der Waals surface area contributed by atoms with Gasteiger partial charge in [-0.3, -0.25) is 4.98 Å². The molecule has 3 heteroatoms. The van der Waals surface area contributed by atoms with Crippen LogP contribution in [0.3, 0.4) is 0 Å². The van der Waals surface area contributed by atoms with Crippen LogP contribution >= 0.6 is 0 Å². The van der Waals surface area contributed by atoms with Crippen LogP contribution in [-0.4, -0.2) is 35.6 Å². The Bertz CT molecular complexity index is 424. The second-order valence-corrected chi connectivity index (χ2v) is 5.92. The number of rotatable bonds is 5. The van der Waals surface area contributed by atoms with E-state index in [0.29, 0.717) is 5.92 Å². The second kappa shape index (κ2) is 5.59. The lowest BCUT2D eigenvalue weighted by Gasteiger charge is -2.45. The van der Waals surface area contributed by atoms with E-state index in [1.807, 2.05) is 12.3 Å². The van der Waals surface area contributed by atoms with Gasteiger partial charge in [0.1, 0.15) is 0 Å². The van der Waals surface area contributed by atoms with Crippen molar-refractivity contribution in [3.63, 3.8) is 0 Å². The molecule has 0 aliphatic heterocycles. The Balaban J connectivity index is 2.32. The predicted molar refractivity (Wildman–Crippen MR) is 80.3 cm³/mol. The van der Waals surface area contributed by atoms with Crippen molar-refractivity contribution in [3.8, 4) is 0 Å². The number of aromatic nitrogens is 1. The fraction of sp³-hybridized carbons (Fsp3) is 0.688. The van der Waals surface area contributed by atoms with E-state index in [1.165, 1.54) is 11.3 Å². The van der Waals surface area contributed by atoms with Gasteiger partial charge in [0.25, 0.3) is 0 Å². The number of pyridine rings is 1. The molecule has 0 radical (unpaired) electrons. The topological polar surface area (TPSA) is 42.1 Å². The second-order valence-electron chi connectivity index (χ2n) is 5.92. The van der Waals surface area contributed by atoms with Crippen molar-refractivity contribution in [1.82, 2.24) is 9.88 Å². The Morgan fingerprint density at radius 2 is 2.11 bits per heavy atom. The fourth-order valence-corrected chi connectivity index (χ4v) is 3.82. The molecule has 2 N–H and O–H groups in total. The largest absolute Gasteiger partial charge is 0.326 e. The first-order chi connectivity index (χ1) is 9.06. The molecule has 0 spiro atoms. The summed E-state index contributed by atoms with van der Waals surface area (Å²) in [6, 6.07) is 4.38. The zero-order valence-electron chi connectivity index (χ0n) is 12.7. The zero-order valence-corrected chi connectivity index (χ0v) is 12.7. The van der Waals surface area contributed by atoms with E-state index >= 15 is 0 Å². The quantitative estimate of drug-likeness (QED) is 0.885. The molecular weight excluding hydrogens is 234 g/mol.